The van der Waals surface area contributed by atoms with E-state index in [2.05, 4.69) is 27.7 Å². The van der Waals surface area contributed by atoms with E-state index in [0.717, 1.165) is 5.56 Å². The molecule has 0 saturated heterocycles. The largest absolute Gasteiger partial charge is 0.496 e. The summed E-state index contributed by atoms with van der Waals surface area (Å²) in [7, 11) is 1.44. The lowest BCUT2D eigenvalue weighted by Crippen LogP contribution is -2.40. The first-order valence-electron chi connectivity index (χ1n) is 11.3. The molecule has 2 amide bonds. The number of aliphatic imine (C=N–C) groups is 1. The fourth-order valence-corrected chi connectivity index (χ4v) is 4.13. The normalized spacial score (nSPS) is 17.8. The standard InChI is InChI=1S/C27H26N4O5/c1-15-14-29-25(32)17-9-12-19(21(13-17)27(34)35)23-20(5-4-6-22(23)36-3)26(33)31-18-10-7-16(8-11-18)24(28-2)30-15/h4-13,15,24,30H,2,14H2,1,3H3,(H,29,32)(H,31,33)(H,34,35). The lowest BCUT2D eigenvalue weighted by molar-refractivity contribution is 0.0697. The molecule has 4 bridgehead atoms. The molecule has 3 aromatic rings. The Labute approximate surface area is 208 Å². The summed E-state index contributed by atoms with van der Waals surface area (Å²) >= 11 is 0. The van der Waals surface area contributed by atoms with Crippen molar-refractivity contribution in [2.45, 2.75) is 19.1 Å². The van der Waals surface area contributed by atoms with Crippen LogP contribution in [0, 0.1) is 0 Å². The summed E-state index contributed by atoms with van der Waals surface area (Å²) in [6.45, 7) is 5.82. The number of hydrogen-bond donors (Lipinski definition) is 4. The monoisotopic (exact) mass is 486 g/mol. The number of methoxy groups -OCH3 is 1. The maximum atomic E-state index is 13.3. The molecule has 0 saturated carbocycles. The number of benzene rings is 3. The van der Waals surface area contributed by atoms with Crippen LogP contribution >= 0.6 is 0 Å². The van der Waals surface area contributed by atoms with Gasteiger partial charge in [0.2, 0.25) is 0 Å². The number of hydrogen-bond acceptors (Lipinski definition) is 6. The number of carboxylic acid groups (broad SMARTS) is 1. The van der Waals surface area contributed by atoms with Crippen LogP contribution < -0.4 is 20.7 Å². The summed E-state index contributed by atoms with van der Waals surface area (Å²) in [6.07, 6.45) is -0.427. The third-order valence-corrected chi connectivity index (χ3v) is 5.95. The number of rotatable bonds is 3. The van der Waals surface area contributed by atoms with Gasteiger partial charge in [-0.25, -0.2) is 4.79 Å². The molecule has 9 heteroatoms. The number of nitrogens with zero attached hydrogens (tertiary/aromatic N) is 1. The molecule has 2 unspecified atom stereocenters. The van der Waals surface area contributed by atoms with Gasteiger partial charge in [0.25, 0.3) is 11.8 Å². The fraction of sp³-hybridized carbons (Fsp3) is 0.185. The Bertz CT molecular complexity index is 1340. The molecule has 36 heavy (non-hydrogen) atoms. The molecule has 0 spiro atoms. The SMILES string of the molecule is C=NC1NC(C)CNC(=O)c2ccc(c(C(=O)O)c2)-c2c(OC)cccc2C(=O)Nc2ccc1cc2. The van der Waals surface area contributed by atoms with E-state index in [0.29, 0.717) is 17.0 Å². The number of nitrogens with one attached hydrogen (secondary N) is 3. The zero-order valence-electron chi connectivity index (χ0n) is 19.9. The van der Waals surface area contributed by atoms with E-state index in [-0.39, 0.29) is 34.8 Å². The van der Waals surface area contributed by atoms with Crippen LogP contribution in [0.2, 0.25) is 0 Å². The summed E-state index contributed by atoms with van der Waals surface area (Å²) in [6, 6.07) is 16.2. The molecule has 0 aliphatic carbocycles. The fourth-order valence-electron chi connectivity index (χ4n) is 4.13. The maximum absolute atomic E-state index is 13.3. The van der Waals surface area contributed by atoms with Crippen LogP contribution in [0.4, 0.5) is 5.69 Å². The van der Waals surface area contributed by atoms with Gasteiger partial charge in [-0.3, -0.25) is 19.9 Å². The number of carbonyl (C=O) groups excluding carboxylic acids is 2. The van der Waals surface area contributed by atoms with Gasteiger partial charge in [0.15, 0.2) is 0 Å². The van der Waals surface area contributed by atoms with Crippen molar-refractivity contribution in [3.63, 3.8) is 0 Å². The minimum Gasteiger partial charge on any atom is -0.496 e. The molecule has 4 aliphatic rings. The van der Waals surface area contributed by atoms with Gasteiger partial charge in [0.05, 0.1) is 18.2 Å². The van der Waals surface area contributed by atoms with Crippen LogP contribution in [-0.4, -0.2) is 49.3 Å². The van der Waals surface area contributed by atoms with Crippen LogP contribution in [0.25, 0.3) is 11.1 Å². The smallest absolute Gasteiger partial charge is 0.336 e. The first-order valence-corrected chi connectivity index (χ1v) is 11.3. The molecule has 0 aromatic heterocycles. The zero-order chi connectivity index (χ0) is 25.8. The Morgan fingerprint density at radius 1 is 1.06 bits per heavy atom. The topological polar surface area (TPSA) is 129 Å². The van der Waals surface area contributed by atoms with Crippen LogP contribution in [0.3, 0.4) is 0 Å². The predicted molar refractivity (Wildman–Crippen MR) is 137 cm³/mol. The molecule has 9 nitrogen and oxygen atoms in total. The molecular weight excluding hydrogens is 460 g/mol. The Morgan fingerprint density at radius 3 is 2.47 bits per heavy atom. The van der Waals surface area contributed by atoms with E-state index in [1.54, 1.807) is 30.3 Å². The van der Waals surface area contributed by atoms with Gasteiger partial charge in [-0.15, -0.1) is 0 Å². The Hall–Kier alpha value is -4.50. The van der Waals surface area contributed by atoms with Crippen molar-refractivity contribution in [1.29, 1.82) is 0 Å². The lowest BCUT2D eigenvalue weighted by Gasteiger charge is -2.22. The van der Waals surface area contributed by atoms with Crippen LogP contribution in [-0.2, 0) is 0 Å². The first kappa shape index (κ1) is 24.6. The average Bonchev–Trinajstić information content (AvgIpc) is 2.89. The molecule has 0 fully saturated rings. The minimum atomic E-state index is -1.24. The number of aromatic carboxylic acids is 1. The third-order valence-electron chi connectivity index (χ3n) is 5.95. The second kappa shape index (κ2) is 10.4. The lowest BCUT2D eigenvalue weighted by atomic mass is 9.92. The molecule has 7 rings (SSSR count). The van der Waals surface area contributed by atoms with E-state index in [4.69, 9.17) is 4.74 Å². The summed E-state index contributed by atoms with van der Waals surface area (Å²) < 4.78 is 5.49. The van der Waals surface area contributed by atoms with E-state index in [9.17, 15) is 19.5 Å². The van der Waals surface area contributed by atoms with Gasteiger partial charge < -0.3 is 20.5 Å². The average molecular weight is 487 g/mol. The highest BCUT2D eigenvalue weighted by molar-refractivity contribution is 6.12. The van der Waals surface area contributed by atoms with Gasteiger partial charge in [-0.05, 0) is 55.6 Å². The van der Waals surface area contributed by atoms with Crippen molar-refractivity contribution in [1.82, 2.24) is 10.6 Å². The Morgan fingerprint density at radius 2 is 1.81 bits per heavy atom. The van der Waals surface area contributed by atoms with Gasteiger partial charge in [-0.2, -0.15) is 0 Å². The quantitative estimate of drug-likeness (QED) is 0.418. The third kappa shape index (κ3) is 4.96. The van der Waals surface area contributed by atoms with Crippen LogP contribution in [0.1, 0.15) is 49.7 Å². The number of ether oxygens (including phenoxy) is 1. The Balaban J connectivity index is 1.90. The molecule has 4 N–H and O–H groups in total. The number of amides is 2. The van der Waals surface area contributed by atoms with Crippen molar-refractivity contribution in [2.75, 3.05) is 19.0 Å². The van der Waals surface area contributed by atoms with Crippen LogP contribution in [0.5, 0.6) is 5.75 Å². The molecule has 0 radical (unpaired) electrons. The van der Waals surface area contributed by atoms with Gasteiger partial charge in [0.1, 0.15) is 11.9 Å². The van der Waals surface area contributed by atoms with Crippen molar-refractivity contribution in [3.05, 3.63) is 82.9 Å². The molecule has 4 heterocycles. The first-order chi connectivity index (χ1) is 17.3. The molecule has 2 atom stereocenters. The van der Waals surface area contributed by atoms with E-state index < -0.39 is 23.9 Å². The van der Waals surface area contributed by atoms with Gasteiger partial charge in [-0.1, -0.05) is 24.3 Å². The van der Waals surface area contributed by atoms with E-state index in [1.165, 1.54) is 25.3 Å². The molecular formula is C27H26N4O5. The van der Waals surface area contributed by atoms with Gasteiger partial charge in [0, 0.05) is 35.0 Å². The highest BCUT2D eigenvalue weighted by Crippen LogP contribution is 2.36. The summed E-state index contributed by atoms with van der Waals surface area (Å²) in [5, 5.41) is 18.9. The molecule has 4 aliphatic heterocycles. The van der Waals surface area contributed by atoms with E-state index >= 15 is 0 Å². The molecule has 3 aromatic carbocycles. The van der Waals surface area contributed by atoms with Gasteiger partial charge >= 0.3 is 5.97 Å². The number of carboxylic acids is 1. The second-order valence-corrected chi connectivity index (χ2v) is 8.39. The minimum absolute atomic E-state index is 0.131. The highest BCUT2D eigenvalue weighted by atomic mass is 16.5. The highest BCUT2D eigenvalue weighted by Gasteiger charge is 2.24. The van der Waals surface area contributed by atoms with Crippen molar-refractivity contribution >= 4 is 30.2 Å². The number of carbonyl (C=O) groups is 3. The predicted octanol–water partition coefficient (Wildman–Crippen LogP) is 3.73. The summed E-state index contributed by atoms with van der Waals surface area (Å²) in [4.78, 5) is 42.6. The van der Waals surface area contributed by atoms with Crippen LogP contribution in [0.15, 0.2) is 65.7 Å². The Kier molecular flexibility index (Phi) is 7.12. The van der Waals surface area contributed by atoms with Crippen molar-refractivity contribution in [2.24, 2.45) is 4.99 Å². The van der Waals surface area contributed by atoms with Crippen molar-refractivity contribution in [3.8, 4) is 16.9 Å². The summed E-state index contributed by atoms with van der Waals surface area (Å²) in [5.74, 6) is -1.78. The maximum Gasteiger partial charge on any atom is 0.336 e. The summed E-state index contributed by atoms with van der Waals surface area (Å²) in [5.41, 5.74) is 2.23. The molecule has 184 valence electrons. The zero-order valence-corrected chi connectivity index (χ0v) is 19.9. The second-order valence-electron chi connectivity index (χ2n) is 8.39. The van der Waals surface area contributed by atoms with Crippen molar-refractivity contribution < 1.29 is 24.2 Å². The number of anilines is 1. The van der Waals surface area contributed by atoms with E-state index in [1.807, 2.05) is 19.1 Å².